The second kappa shape index (κ2) is 5.71. The van der Waals surface area contributed by atoms with Crippen molar-refractivity contribution in [1.82, 2.24) is 0 Å². The van der Waals surface area contributed by atoms with Gasteiger partial charge in [0.2, 0.25) is 0 Å². The highest BCUT2D eigenvalue weighted by Crippen LogP contribution is 2.22. The fourth-order valence-corrected chi connectivity index (χ4v) is 1.56. The average Bonchev–Trinajstić information content (AvgIpc) is 2.21. The van der Waals surface area contributed by atoms with Crippen LogP contribution in [-0.4, -0.2) is 17.0 Å². The molecule has 0 aliphatic heterocycles. The van der Waals surface area contributed by atoms with E-state index in [-0.39, 0.29) is 5.82 Å². The largest absolute Gasteiger partial charge is 0.481 e. The third-order valence-corrected chi connectivity index (χ3v) is 2.46. The van der Waals surface area contributed by atoms with E-state index in [0.717, 1.165) is 0 Å². The highest BCUT2D eigenvalue weighted by atomic mass is 35.5. The minimum atomic E-state index is -0.897. The van der Waals surface area contributed by atoms with Gasteiger partial charge in [0.1, 0.15) is 5.82 Å². The molecule has 0 aliphatic rings. The lowest BCUT2D eigenvalue weighted by atomic mass is 9.95. The van der Waals surface area contributed by atoms with Gasteiger partial charge < -0.3 is 5.11 Å². The molecule has 0 aliphatic carbocycles. The third kappa shape index (κ3) is 3.51. The Morgan fingerprint density at radius 1 is 1.40 bits per heavy atom. The second-order valence-corrected chi connectivity index (χ2v) is 3.65. The Balaban J connectivity index is 2.79. The van der Waals surface area contributed by atoms with Crippen molar-refractivity contribution in [1.29, 1.82) is 0 Å². The van der Waals surface area contributed by atoms with Gasteiger partial charge in [0.15, 0.2) is 0 Å². The van der Waals surface area contributed by atoms with Crippen molar-refractivity contribution in [3.05, 3.63) is 35.6 Å². The van der Waals surface area contributed by atoms with Crippen molar-refractivity contribution < 1.29 is 14.3 Å². The summed E-state index contributed by atoms with van der Waals surface area (Å²) in [4.78, 5) is 11.0. The topological polar surface area (TPSA) is 37.3 Å². The highest BCUT2D eigenvalue weighted by molar-refractivity contribution is 6.17. The maximum Gasteiger partial charge on any atom is 0.310 e. The van der Waals surface area contributed by atoms with Crippen molar-refractivity contribution in [2.45, 2.75) is 18.8 Å². The first kappa shape index (κ1) is 12.0. The Bertz CT molecular complexity index is 324. The Hall–Kier alpha value is -1.09. The van der Waals surface area contributed by atoms with E-state index in [2.05, 4.69) is 0 Å². The summed E-state index contributed by atoms with van der Waals surface area (Å²) in [6.07, 6.45) is 1.11. The van der Waals surface area contributed by atoms with E-state index < -0.39 is 11.9 Å². The van der Waals surface area contributed by atoms with Gasteiger partial charge in [-0.25, -0.2) is 4.39 Å². The van der Waals surface area contributed by atoms with Crippen LogP contribution in [0.15, 0.2) is 24.3 Å². The number of aliphatic carboxylic acids is 1. The average molecular weight is 231 g/mol. The fraction of sp³-hybridized carbons (Fsp3) is 0.364. The van der Waals surface area contributed by atoms with Crippen molar-refractivity contribution in [3.63, 3.8) is 0 Å². The quantitative estimate of drug-likeness (QED) is 0.790. The summed E-state index contributed by atoms with van der Waals surface area (Å²) < 4.78 is 12.6. The number of hydrogen-bond donors (Lipinski definition) is 1. The molecule has 0 aromatic heterocycles. The minimum Gasteiger partial charge on any atom is -0.481 e. The maximum atomic E-state index is 12.6. The Kier molecular flexibility index (Phi) is 4.56. The van der Waals surface area contributed by atoms with Crippen LogP contribution in [0.25, 0.3) is 0 Å². The van der Waals surface area contributed by atoms with E-state index >= 15 is 0 Å². The van der Waals surface area contributed by atoms with Crippen LogP contribution in [0.3, 0.4) is 0 Å². The van der Waals surface area contributed by atoms with Gasteiger partial charge >= 0.3 is 5.97 Å². The van der Waals surface area contributed by atoms with Gasteiger partial charge in [-0.1, -0.05) is 12.1 Å². The van der Waals surface area contributed by atoms with E-state index in [1.54, 1.807) is 0 Å². The minimum absolute atomic E-state index is 0.361. The van der Waals surface area contributed by atoms with Crippen molar-refractivity contribution >= 4 is 17.6 Å². The van der Waals surface area contributed by atoms with Gasteiger partial charge in [0.05, 0.1) is 5.92 Å². The Morgan fingerprint density at radius 3 is 2.47 bits per heavy atom. The summed E-state index contributed by atoms with van der Waals surface area (Å²) in [7, 11) is 0. The van der Waals surface area contributed by atoms with E-state index in [1.165, 1.54) is 24.3 Å². The molecule has 0 heterocycles. The molecule has 1 atom stereocenters. The lowest BCUT2D eigenvalue weighted by molar-refractivity contribution is -0.139. The zero-order chi connectivity index (χ0) is 11.3. The normalized spacial score (nSPS) is 12.4. The zero-order valence-electron chi connectivity index (χ0n) is 8.12. The predicted molar refractivity (Wildman–Crippen MR) is 56.7 cm³/mol. The summed E-state index contributed by atoms with van der Waals surface area (Å²) in [5.41, 5.74) is 0.619. The lowest BCUT2D eigenvalue weighted by Crippen LogP contribution is -2.11. The number of alkyl halides is 1. The maximum absolute atomic E-state index is 12.6. The standard InChI is InChI=1S/C11H12ClFO2/c12-7-1-2-10(11(14)15)8-3-5-9(13)6-4-8/h3-6,10H,1-2,7H2,(H,14,15). The molecule has 0 fully saturated rings. The van der Waals surface area contributed by atoms with Crippen LogP contribution in [0.5, 0.6) is 0 Å². The molecule has 2 nitrogen and oxygen atoms in total. The van der Waals surface area contributed by atoms with Crippen LogP contribution in [-0.2, 0) is 4.79 Å². The van der Waals surface area contributed by atoms with Crippen LogP contribution in [0.4, 0.5) is 4.39 Å². The summed E-state index contributed by atoms with van der Waals surface area (Å²) >= 11 is 5.51. The molecule has 1 unspecified atom stereocenters. The van der Waals surface area contributed by atoms with Gasteiger partial charge in [0, 0.05) is 5.88 Å². The lowest BCUT2D eigenvalue weighted by Gasteiger charge is -2.11. The molecule has 0 radical (unpaired) electrons. The first-order valence-corrected chi connectivity index (χ1v) is 5.23. The molecule has 4 heteroatoms. The van der Waals surface area contributed by atoms with E-state index in [4.69, 9.17) is 16.7 Å². The number of carboxylic acid groups (broad SMARTS) is 1. The van der Waals surface area contributed by atoms with E-state index in [0.29, 0.717) is 24.3 Å². The van der Waals surface area contributed by atoms with Crippen LogP contribution in [0.1, 0.15) is 24.3 Å². The van der Waals surface area contributed by atoms with Gasteiger partial charge in [-0.05, 0) is 30.5 Å². The molecule has 82 valence electrons. The van der Waals surface area contributed by atoms with E-state index in [9.17, 15) is 9.18 Å². The first-order valence-electron chi connectivity index (χ1n) is 4.69. The van der Waals surface area contributed by atoms with Crippen LogP contribution in [0, 0.1) is 5.82 Å². The predicted octanol–water partition coefficient (Wildman–Crippen LogP) is 3.01. The van der Waals surface area contributed by atoms with Gasteiger partial charge in [0.25, 0.3) is 0 Å². The summed E-state index contributed by atoms with van der Waals surface area (Å²) in [5, 5.41) is 8.99. The fourth-order valence-electron chi connectivity index (χ4n) is 1.41. The number of hydrogen-bond acceptors (Lipinski definition) is 1. The number of carboxylic acids is 1. The van der Waals surface area contributed by atoms with Crippen molar-refractivity contribution in [3.8, 4) is 0 Å². The second-order valence-electron chi connectivity index (χ2n) is 3.27. The van der Waals surface area contributed by atoms with Gasteiger partial charge in [-0.15, -0.1) is 11.6 Å². The molecule has 1 rings (SSSR count). The monoisotopic (exact) mass is 230 g/mol. The molecule has 0 bridgehead atoms. The van der Waals surface area contributed by atoms with Crippen molar-refractivity contribution in [2.24, 2.45) is 0 Å². The molecule has 15 heavy (non-hydrogen) atoms. The number of benzene rings is 1. The molecule has 0 saturated carbocycles. The number of halogens is 2. The van der Waals surface area contributed by atoms with Crippen LogP contribution in [0.2, 0.25) is 0 Å². The molecule has 1 aromatic carbocycles. The number of rotatable bonds is 5. The van der Waals surface area contributed by atoms with Crippen LogP contribution < -0.4 is 0 Å². The summed E-state index contributed by atoms with van der Waals surface area (Å²) in [6, 6.07) is 5.54. The Morgan fingerprint density at radius 2 is 2.00 bits per heavy atom. The molecule has 1 aromatic rings. The third-order valence-electron chi connectivity index (χ3n) is 2.20. The SMILES string of the molecule is O=C(O)C(CCCCl)c1ccc(F)cc1. The zero-order valence-corrected chi connectivity index (χ0v) is 8.88. The Labute approximate surface area is 92.7 Å². The summed E-state index contributed by atoms with van der Waals surface area (Å²) in [5.74, 6) is -1.42. The highest BCUT2D eigenvalue weighted by Gasteiger charge is 2.18. The number of carbonyl (C=O) groups is 1. The van der Waals surface area contributed by atoms with E-state index in [1.807, 2.05) is 0 Å². The molecule has 1 N–H and O–H groups in total. The molecule has 0 saturated heterocycles. The van der Waals surface area contributed by atoms with Crippen LogP contribution >= 0.6 is 11.6 Å². The molecule has 0 amide bonds. The van der Waals surface area contributed by atoms with Gasteiger partial charge in [-0.2, -0.15) is 0 Å². The summed E-state index contributed by atoms with van der Waals surface area (Å²) in [6.45, 7) is 0. The van der Waals surface area contributed by atoms with Crippen molar-refractivity contribution in [2.75, 3.05) is 5.88 Å². The van der Waals surface area contributed by atoms with Gasteiger partial charge in [-0.3, -0.25) is 4.79 Å². The molecular formula is C11H12ClFO2. The molecule has 0 spiro atoms. The first-order chi connectivity index (χ1) is 7.15. The molecular weight excluding hydrogens is 219 g/mol. The smallest absolute Gasteiger partial charge is 0.310 e.